The van der Waals surface area contributed by atoms with Crippen molar-refractivity contribution in [3.05, 3.63) is 212 Å². The third kappa shape index (κ3) is 5.82. The van der Waals surface area contributed by atoms with Crippen LogP contribution in [-0.4, -0.2) is 15.2 Å². The van der Waals surface area contributed by atoms with Gasteiger partial charge in [-0.1, -0.05) is 133 Å². The number of hydrogen-bond donors (Lipinski definition) is 0. The number of furan rings is 2. The first-order chi connectivity index (χ1) is 34.2. The van der Waals surface area contributed by atoms with Crippen LogP contribution in [0, 0.1) is 0 Å². The van der Waals surface area contributed by atoms with E-state index in [0.29, 0.717) is 5.82 Å². The maximum absolute atomic E-state index is 6.49. The monoisotopic (exact) mass is 901 g/mol. The van der Waals surface area contributed by atoms with E-state index in [9.17, 15) is 0 Å². The molecule has 0 saturated carbocycles. The van der Waals surface area contributed by atoms with Gasteiger partial charge in [0.15, 0.2) is 5.82 Å². The molecule has 69 heavy (non-hydrogen) atoms. The van der Waals surface area contributed by atoms with E-state index in [1.165, 1.54) is 16.2 Å². The standard InChI is InChI=1S/C61H35N5O2S/c1-3-15-40-36(13-1)31-51(44-19-7-5-17-42(40)44)65(38-25-27-48-46-21-9-11-23-53(46)67-55(48)33-38)58-30-29-50-60-57(69-61(50)62-58)35-59(63-64-60)66(39-26-28-49-47-22-10-12-24-54(47)68-56(49)34-39)52-32-37-14-2-4-16-41(37)43-18-6-8-20-45(43)52/h1-35H. The van der Waals surface area contributed by atoms with E-state index in [1.807, 2.05) is 24.3 Å². The molecule has 7 nitrogen and oxygen atoms in total. The summed E-state index contributed by atoms with van der Waals surface area (Å²) in [7, 11) is 0. The molecule has 0 aliphatic heterocycles. The Morgan fingerprint density at radius 1 is 0.333 bits per heavy atom. The molecule has 0 atom stereocenters. The maximum atomic E-state index is 6.49. The van der Waals surface area contributed by atoms with Crippen LogP contribution >= 0.6 is 11.3 Å². The van der Waals surface area contributed by atoms with Crippen molar-refractivity contribution in [2.45, 2.75) is 0 Å². The van der Waals surface area contributed by atoms with E-state index < -0.39 is 0 Å². The minimum absolute atomic E-state index is 0.688. The van der Waals surface area contributed by atoms with Crippen LogP contribution in [-0.2, 0) is 0 Å². The van der Waals surface area contributed by atoms with Gasteiger partial charge in [-0.25, -0.2) is 4.98 Å². The second-order valence-corrected chi connectivity index (χ2v) is 18.6. The van der Waals surface area contributed by atoms with E-state index in [4.69, 9.17) is 24.0 Å². The fraction of sp³-hybridized carbons (Fsp3) is 0. The number of hydrogen-bond acceptors (Lipinski definition) is 8. The van der Waals surface area contributed by atoms with Gasteiger partial charge in [-0.3, -0.25) is 9.80 Å². The van der Waals surface area contributed by atoms with Gasteiger partial charge in [0.2, 0.25) is 0 Å². The number of pyridine rings is 1. The topological polar surface area (TPSA) is 71.4 Å². The smallest absolute Gasteiger partial charge is 0.161 e. The first-order valence-corrected chi connectivity index (χ1v) is 23.8. The lowest BCUT2D eigenvalue weighted by Crippen LogP contribution is -2.13. The van der Waals surface area contributed by atoms with Gasteiger partial charge in [0.05, 0.1) is 27.4 Å². The Bertz CT molecular complexity index is 4320. The van der Waals surface area contributed by atoms with Crippen LogP contribution in [0.25, 0.3) is 107 Å². The predicted molar refractivity (Wildman–Crippen MR) is 287 cm³/mol. The molecule has 5 aromatic heterocycles. The second-order valence-electron chi connectivity index (χ2n) is 17.6. The molecule has 0 spiro atoms. The van der Waals surface area contributed by atoms with E-state index in [2.05, 4.69) is 198 Å². The highest BCUT2D eigenvalue weighted by molar-refractivity contribution is 7.25. The van der Waals surface area contributed by atoms with Crippen molar-refractivity contribution in [1.82, 2.24) is 15.2 Å². The molecule has 0 N–H and O–H groups in total. The summed E-state index contributed by atoms with van der Waals surface area (Å²) in [5.74, 6) is 1.47. The summed E-state index contributed by atoms with van der Waals surface area (Å²) in [6, 6.07) is 74.7. The van der Waals surface area contributed by atoms with Crippen LogP contribution in [0.2, 0.25) is 0 Å². The van der Waals surface area contributed by atoms with Crippen molar-refractivity contribution < 1.29 is 8.83 Å². The molecule has 0 aliphatic rings. The van der Waals surface area contributed by atoms with Gasteiger partial charge in [-0.2, -0.15) is 0 Å². The van der Waals surface area contributed by atoms with Crippen LogP contribution in [0.1, 0.15) is 0 Å². The highest BCUT2D eigenvalue weighted by Gasteiger charge is 2.24. The summed E-state index contributed by atoms with van der Waals surface area (Å²) >= 11 is 1.63. The fourth-order valence-corrected chi connectivity index (χ4v) is 11.6. The normalized spacial score (nSPS) is 12.1. The Labute approximate surface area is 397 Å². The number of benzene rings is 10. The van der Waals surface area contributed by atoms with Gasteiger partial charge in [-0.05, 0) is 93.0 Å². The van der Waals surface area contributed by atoms with Crippen molar-refractivity contribution in [1.29, 1.82) is 0 Å². The SMILES string of the molecule is c1ccc2c(c1)cc(N(c1ccc3c(c1)oc1ccccc13)c1cc3sc4nc(N(c5ccc6c(c5)oc5ccccc56)c5cc6ccccc6c6ccccc56)ccc4c3nn1)c1ccccc12. The van der Waals surface area contributed by atoms with Gasteiger partial charge in [0.25, 0.3) is 0 Å². The molecule has 0 fully saturated rings. The number of fused-ring (bicyclic) bond motifs is 15. The number of aromatic nitrogens is 3. The average Bonchev–Trinajstić information content (AvgIpc) is 4.09. The number of nitrogens with zero attached hydrogens (tertiary/aromatic N) is 5. The molecular formula is C61H35N5O2S. The molecule has 15 rings (SSSR count). The zero-order valence-corrected chi connectivity index (χ0v) is 37.5. The van der Waals surface area contributed by atoms with E-state index in [1.54, 1.807) is 11.3 Å². The summed E-state index contributed by atoms with van der Waals surface area (Å²) in [5.41, 5.74) is 8.02. The highest BCUT2D eigenvalue weighted by atomic mass is 32.1. The number of rotatable bonds is 6. The zero-order valence-electron chi connectivity index (χ0n) is 36.7. The minimum Gasteiger partial charge on any atom is -0.456 e. The van der Waals surface area contributed by atoms with Crippen LogP contribution in [0.15, 0.2) is 221 Å². The molecular weight excluding hydrogens is 867 g/mol. The molecule has 10 aromatic carbocycles. The van der Waals surface area contributed by atoms with Crippen molar-refractivity contribution in [3.63, 3.8) is 0 Å². The van der Waals surface area contributed by atoms with E-state index >= 15 is 0 Å². The van der Waals surface area contributed by atoms with Gasteiger partial charge in [0.1, 0.15) is 38.5 Å². The summed E-state index contributed by atoms with van der Waals surface area (Å²) < 4.78 is 13.9. The molecule has 15 aromatic rings. The van der Waals surface area contributed by atoms with Crippen LogP contribution in [0.5, 0.6) is 0 Å². The van der Waals surface area contributed by atoms with E-state index in [0.717, 1.165) is 120 Å². The molecule has 0 bridgehead atoms. The van der Waals surface area contributed by atoms with Crippen LogP contribution in [0.3, 0.4) is 0 Å². The molecule has 0 amide bonds. The highest BCUT2D eigenvalue weighted by Crippen LogP contribution is 2.47. The zero-order chi connectivity index (χ0) is 45.2. The summed E-state index contributed by atoms with van der Waals surface area (Å²) in [6.07, 6.45) is 0. The van der Waals surface area contributed by atoms with Gasteiger partial charge in [0, 0.05) is 55.9 Å². The lowest BCUT2D eigenvalue weighted by molar-refractivity contribution is 0.668. The number of para-hydroxylation sites is 2. The maximum Gasteiger partial charge on any atom is 0.161 e. The van der Waals surface area contributed by atoms with Gasteiger partial charge in [-0.15, -0.1) is 21.5 Å². The Morgan fingerprint density at radius 2 is 0.783 bits per heavy atom. The molecule has 0 saturated heterocycles. The molecule has 322 valence electrons. The Kier molecular flexibility index (Phi) is 8.10. The van der Waals surface area contributed by atoms with Crippen molar-refractivity contribution >= 4 is 153 Å². The molecule has 0 aliphatic carbocycles. The van der Waals surface area contributed by atoms with Crippen molar-refractivity contribution in [2.24, 2.45) is 0 Å². The van der Waals surface area contributed by atoms with Crippen LogP contribution in [0.4, 0.5) is 34.4 Å². The van der Waals surface area contributed by atoms with Gasteiger partial charge >= 0.3 is 0 Å². The second kappa shape index (κ2) is 14.7. The van der Waals surface area contributed by atoms with Crippen LogP contribution < -0.4 is 9.80 Å². The molecule has 5 heterocycles. The Balaban J connectivity index is 0.933. The number of thiophene rings is 1. The third-order valence-corrected chi connectivity index (χ3v) is 14.8. The van der Waals surface area contributed by atoms with Crippen molar-refractivity contribution in [2.75, 3.05) is 9.80 Å². The summed E-state index contributed by atoms with van der Waals surface area (Å²) in [4.78, 5) is 10.9. The van der Waals surface area contributed by atoms with Crippen molar-refractivity contribution in [3.8, 4) is 0 Å². The Morgan fingerprint density at radius 3 is 1.35 bits per heavy atom. The predicted octanol–water partition coefficient (Wildman–Crippen LogP) is 17.6. The number of anilines is 6. The lowest BCUT2D eigenvalue weighted by atomic mass is 9.99. The summed E-state index contributed by atoms with van der Waals surface area (Å²) in [5, 5.41) is 24.6. The fourth-order valence-electron chi connectivity index (χ4n) is 10.6. The van der Waals surface area contributed by atoms with Gasteiger partial charge < -0.3 is 8.83 Å². The lowest BCUT2D eigenvalue weighted by Gasteiger charge is -2.26. The summed E-state index contributed by atoms with van der Waals surface area (Å²) in [6.45, 7) is 0. The third-order valence-electron chi connectivity index (χ3n) is 13.7. The molecule has 0 radical (unpaired) electrons. The Hall–Kier alpha value is -9.11. The minimum atomic E-state index is 0.688. The molecule has 0 unspecified atom stereocenters. The molecule has 8 heteroatoms. The largest absolute Gasteiger partial charge is 0.456 e. The first kappa shape index (κ1) is 38.0. The first-order valence-electron chi connectivity index (χ1n) is 23.0. The van der Waals surface area contributed by atoms with E-state index in [-0.39, 0.29) is 0 Å². The average molecular weight is 902 g/mol. The quantitative estimate of drug-likeness (QED) is 0.154.